The van der Waals surface area contributed by atoms with Crippen molar-refractivity contribution in [3.63, 3.8) is 0 Å². The molecule has 1 fully saturated rings. The Morgan fingerprint density at radius 2 is 2.00 bits per heavy atom. The van der Waals surface area contributed by atoms with E-state index in [0.717, 1.165) is 11.6 Å². The molecule has 1 saturated heterocycles. The molecule has 2 aromatic rings. The minimum absolute atomic E-state index is 0.0607. The van der Waals surface area contributed by atoms with Crippen molar-refractivity contribution >= 4 is 17.7 Å². The van der Waals surface area contributed by atoms with E-state index in [9.17, 15) is 13.6 Å². The van der Waals surface area contributed by atoms with Gasteiger partial charge in [0.15, 0.2) is 0 Å². The van der Waals surface area contributed by atoms with Crippen LogP contribution in [0, 0.1) is 11.6 Å². The van der Waals surface area contributed by atoms with Gasteiger partial charge in [0.05, 0.1) is 6.61 Å². The lowest BCUT2D eigenvalue weighted by atomic mass is 10.2. The van der Waals surface area contributed by atoms with Crippen molar-refractivity contribution in [1.82, 2.24) is 4.90 Å². The predicted molar refractivity (Wildman–Crippen MR) is 89.4 cm³/mol. The molecule has 1 heterocycles. The van der Waals surface area contributed by atoms with Gasteiger partial charge >= 0.3 is 0 Å². The molecule has 0 bridgehead atoms. The highest BCUT2D eigenvalue weighted by molar-refractivity contribution is 7.99. The van der Waals surface area contributed by atoms with E-state index in [1.165, 1.54) is 23.9 Å². The lowest BCUT2D eigenvalue weighted by Crippen LogP contribution is -2.33. The van der Waals surface area contributed by atoms with Crippen LogP contribution in [-0.4, -0.2) is 29.7 Å². The molecule has 2 aromatic carbocycles. The summed E-state index contributed by atoms with van der Waals surface area (Å²) in [6, 6.07) is 13.0. The molecule has 1 amide bonds. The molecule has 0 aromatic heterocycles. The molecule has 0 aliphatic carbocycles. The van der Waals surface area contributed by atoms with E-state index in [1.54, 1.807) is 4.90 Å². The Hall–Kier alpha value is -1.92. The Bertz CT molecular complexity index is 711. The number of nitrogens with zero attached hydrogens (tertiary/aromatic N) is 1. The minimum atomic E-state index is -0.627. The summed E-state index contributed by atoms with van der Waals surface area (Å²) in [6.45, 7) is 0.817. The minimum Gasteiger partial charge on any atom is -0.367 e. The summed E-state index contributed by atoms with van der Waals surface area (Å²) in [5.74, 6) is -0.725. The van der Waals surface area contributed by atoms with E-state index in [0.29, 0.717) is 24.5 Å². The van der Waals surface area contributed by atoms with Gasteiger partial charge in [-0.1, -0.05) is 36.4 Å². The largest absolute Gasteiger partial charge is 0.367 e. The number of benzene rings is 2. The van der Waals surface area contributed by atoms with E-state index in [4.69, 9.17) is 4.74 Å². The highest BCUT2D eigenvalue weighted by atomic mass is 32.2. The van der Waals surface area contributed by atoms with Gasteiger partial charge in [0, 0.05) is 23.9 Å². The van der Waals surface area contributed by atoms with Crippen LogP contribution in [0.2, 0.25) is 0 Å². The molecule has 0 spiro atoms. The smallest absolute Gasteiger partial charge is 0.249 e. The Balaban J connectivity index is 1.61. The Kier molecular flexibility index (Phi) is 5.48. The molecule has 0 N–H and O–H groups in total. The number of amides is 1. The summed E-state index contributed by atoms with van der Waals surface area (Å²) in [7, 11) is 0. The van der Waals surface area contributed by atoms with Crippen LogP contribution in [-0.2, 0) is 16.1 Å². The lowest BCUT2D eigenvalue weighted by molar-refractivity contribution is -0.136. The van der Waals surface area contributed by atoms with Crippen molar-refractivity contribution in [2.45, 2.75) is 12.0 Å². The zero-order valence-corrected chi connectivity index (χ0v) is 13.8. The molecule has 6 heteroatoms. The first kappa shape index (κ1) is 16.9. The van der Waals surface area contributed by atoms with Gasteiger partial charge in [-0.25, -0.2) is 8.78 Å². The number of carbonyl (C=O) groups is 1. The second-order valence-corrected chi connectivity index (χ2v) is 6.64. The van der Waals surface area contributed by atoms with Crippen LogP contribution in [0.25, 0.3) is 0 Å². The number of carbonyl (C=O) groups excluding carboxylic acids is 1. The quantitative estimate of drug-likeness (QED) is 0.823. The molecule has 3 nitrogen and oxygen atoms in total. The molecule has 24 heavy (non-hydrogen) atoms. The van der Waals surface area contributed by atoms with Gasteiger partial charge in [0.25, 0.3) is 0 Å². The average molecular weight is 349 g/mol. The standard InChI is InChI=1S/C18H17F2NO2S/c19-14-6-7-15(16(20)10-14)18-21(8-9-24-18)17(22)12-23-11-13-4-2-1-3-5-13/h1-7,10,18H,8-9,11-12H2. The van der Waals surface area contributed by atoms with Crippen molar-refractivity contribution in [3.05, 3.63) is 71.3 Å². The molecule has 1 aliphatic heterocycles. The second kappa shape index (κ2) is 7.77. The maximum absolute atomic E-state index is 14.0. The fourth-order valence-corrected chi connectivity index (χ4v) is 3.90. The third-order valence-corrected chi connectivity index (χ3v) is 5.02. The molecule has 3 rings (SSSR count). The third kappa shape index (κ3) is 3.94. The van der Waals surface area contributed by atoms with Crippen LogP contribution in [0.15, 0.2) is 48.5 Å². The van der Waals surface area contributed by atoms with E-state index >= 15 is 0 Å². The van der Waals surface area contributed by atoms with E-state index in [2.05, 4.69) is 0 Å². The van der Waals surface area contributed by atoms with E-state index in [-0.39, 0.29) is 12.5 Å². The number of hydrogen-bond acceptors (Lipinski definition) is 3. The SMILES string of the molecule is O=C(COCc1ccccc1)N1CCSC1c1ccc(F)cc1F. The third-order valence-electron chi connectivity index (χ3n) is 3.78. The van der Waals surface area contributed by atoms with Crippen molar-refractivity contribution in [2.75, 3.05) is 18.9 Å². The molecule has 0 radical (unpaired) electrons. The van der Waals surface area contributed by atoms with Crippen molar-refractivity contribution < 1.29 is 18.3 Å². The first-order valence-corrected chi connectivity index (χ1v) is 8.68. The number of halogens is 2. The van der Waals surface area contributed by atoms with Crippen LogP contribution in [0.1, 0.15) is 16.5 Å². The van der Waals surface area contributed by atoms with Gasteiger partial charge in [-0.3, -0.25) is 4.79 Å². The van der Waals surface area contributed by atoms with E-state index < -0.39 is 17.0 Å². The molecular formula is C18H17F2NO2S. The zero-order valence-electron chi connectivity index (χ0n) is 13.0. The molecule has 1 atom stereocenters. The van der Waals surface area contributed by atoms with Gasteiger partial charge in [-0.15, -0.1) is 11.8 Å². The summed E-state index contributed by atoms with van der Waals surface area (Å²) >= 11 is 1.47. The van der Waals surface area contributed by atoms with Crippen LogP contribution in [0.4, 0.5) is 8.78 Å². The lowest BCUT2D eigenvalue weighted by Gasteiger charge is -2.24. The van der Waals surface area contributed by atoms with Crippen molar-refractivity contribution in [3.8, 4) is 0 Å². The first-order chi connectivity index (χ1) is 11.6. The summed E-state index contributed by atoms with van der Waals surface area (Å²) in [4.78, 5) is 14.0. The van der Waals surface area contributed by atoms with Crippen molar-refractivity contribution in [1.29, 1.82) is 0 Å². The highest BCUT2D eigenvalue weighted by Crippen LogP contribution is 2.39. The Morgan fingerprint density at radius 1 is 1.21 bits per heavy atom. The van der Waals surface area contributed by atoms with E-state index in [1.807, 2.05) is 30.3 Å². The van der Waals surface area contributed by atoms with Crippen LogP contribution >= 0.6 is 11.8 Å². The van der Waals surface area contributed by atoms with Crippen LogP contribution in [0.3, 0.4) is 0 Å². The number of ether oxygens (including phenoxy) is 1. The normalized spacial score (nSPS) is 17.2. The fourth-order valence-electron chi connectivity index (χ4n) is 2.60. The topological polar surface area (TPSA) is 29.5 Å². The van der Waals surface area contributed by atoms with Gasteiger partial charge in [-0.2, -0.15) is 0 Å². The monoisotopic (exact) mass is 349 g/mol. The van der Waals surface area contributed by atoms with Gasteiger partial charge < -0.3 is 9.64 Å². The number of thioether (sulfide) groups is 1. The van der Waals surface area contributed by atoms with Gasteiger partial charge in [0.2, 0.25) is 5.91 Å². The summed E-state index contributed by atoms with van der Waals surface area (Å²) < 4.78 is 32.5. The molecular weight excluding hydrogens is 332 g/mol. The predicted octanol–water partition coefficient (Wildman–Crippen LogP) is 3.76. The first-order valence-electron chi connectivity index (χ1n) is 7.63. The van der Waals surface area contributed by atoms with Crippen LogP contribution < -0.4 is 0 Å². The highest BCUT2D eigenvalue weighted by Gasteiger charge is 2.32. The summed E-state index contributed by atoms with van der Waals surface area (Å²) in [5.41, 5.74) is 1.32. The van der Waals surface area contributed by atoms with Crippen LogP contribution in [0.5, 0.6) is 0 Å². The molecule has 1 aliphatic rings. The molecule has 0 saturated carbocycles. The Labute approximate surface area is 143 Å². The van der Waals surface area contributed by atoms with Crippen molar-refractivity contribution in [2.24, 2.45) is 0 Å². The average Bonchev–Trinajstić information content (AvgIpc) is 3.05. The van der Waals surface area contributed by atoms with Gasteiger partial charge in [0.1, 0.15) is 23.6 Å². The summed E-state index contributed by atoms with van der Waals surface area (Å²) in [6.07, 6.45) is 0. The summed E-state index contributed by atoms with van der Waals surface area (Å²) in [5, 5.41) is -0.432. The zero-order chi connectivity index (χ0) is 16.9. The maximum atomic E-state index is 14.0. The fraction of sp³-hybridized carbons (Fsp3) is 0.278. The maximum Gasteiger partial charge on any atom is 0.249 e. The Morgan fingerprint density at radius 3 is 2.75 bits per heavy atom. The number of rotatable bonds is 5. The molecule has 126 valence electrons. The second-order valence-electron chi connectivity index (χ2n) is 5.45. The van der Waals surface area contributed by atoms with Gasteiger partial charge in [-0.05, 0) is 11.6 Å². The number of hydrogen-bond donors (Lipinski definition) is 0. The molecule has 1 unspecified atom stereocenters.